The summed E-state index contributed by atoms with van der Waals surface area (Å²) >= 11 is 0. The van der Waals surface area contributed by atoms with Crippen molar-refractivity contribution in [1.29, 1.82) is 0 Å². The van der Waals surface area contributed by atoms with Gasteiger partial charge in [0.25, 0.3) is 0 Å². The molecule has 2 rings (SSSR count). The van der Waals surface area contributed by atoms with Crippen molar-refractivity contribution >= 4 is 21.6 Å². The maximum absolute atomic E-state index is 12.9. The van der Waals surface area contributed by atoms with Gasteiger partial charge in [-0.1, -0.05) is 39.0 Å². The summed E-state index contributed by atoms with van der Waals surface area (Å²) in [5.41, 5.74) is 0.640. The Hall–Kier alpha value is -2.15. The molecule has 136 valence electrons. The van der Waals surface area contributed by atoms with Crippen LogP contribution in [-0.2, 0) is 27.1 Å². The van der Waals surface area contributed by atoms with Gasteiger partial charge in [0.05, 0.1) is 10.6 Å². The molecule has 0 unspecified atom stereocenters. The van der Waals surface area contributed by atoms with Gasteiger partial charge in [-0.2, -0.15) is 5.10 Å². The quantitative estimate of drug-likeness (QED) is 0.905. The van der Waals surface area contributed by atoms with Crippen LogP contribution < -0.4 is 5.32 Å². The third-order valence-corrected chi connectivity index (χ3v) is 6.58. The molecule has 1 aromatic heterocycles. The van der Waals surface area contributed by atoms with Crippen molar-refractivity contribution in [3.8, 4) is 0 Å². The van der Waals surface area contributed by atoms with Crippen molar-refractivity contribution in [1.82, 2.24) is 9.78 Å². The van der Waals surface area contributed by atoms with Crippen molar-refractivity contribution in [3.63, 3.8) is 0 Å². The fourth-order valence-corrected chi connectivity index (χ4v) is 3.63. The van der Waals surface area contributed by atoms with Gasteiger partial charge in [-0.25, -0.2) is 8.42 Å². The largest absolute Gasteiger partial charge is 0.310 e. The number of nitrogens with zero attached hydrogens (tertiary/aromatic N) is 2. The molecule has 6 nitrogen and oxygen atoms in total. The van der Waals surface area contributed by atoms with Gasteiger partial charge in [-0.05, 0) is 26.0 Å². The number of aryl methyl sites for hydroxylation is 1. The predicted molar refractivity (Wildman–Crippen MR) is 98.2 cm³/mol. The lowest BCUT2D eigenvalue weighted by Gasteiger charge is -2.23. The van der Waals surface area contributed by atoms with Gasteiger partial charge in [0, 0.05) is 18.5 Å². The van der Waals surface area contributed by atoms with Crippen molar-refractivity contribution < 1.29 is 13.2 Å². The second-order valence-electron chi connectivity index (χ2n) is 7.57. The topological polar surface area (TPSA) is 81.1 Å². The monoisotopic (exact) mass is 363 g/mol. The van der Waals surface area contributed by atoms with Crippen LogP contribution in [0.5, 0.6) is 0 Å². The summed E-state index contributed by atoms with van der Waals surface area (Å²) in [7, 11) is -2.12. The number of hydrogen-bond donors (Lipinski definition) is 1. The van der Waals surface area contributed by atoms with Gasteiger partial charge in [-0.3, -0.25) is 9.48 Å². The fraction of sp³-hybridized carbons (Fsp3) is 0.444. The Morgan fingerprint density at radius 3 is 2.12 bits per heavy atom. The summed E-state index contributed by atoms with van der Waals surface area (Å²) in [5, 5.41) is 7.09. The highest BCUT2D eigenvalue weighted by Crippen LogP contribution is 2.28. The number of benzene rings is 1. The molecular weight excluding hydrogens is 338 g/mol. The average Bonchev–Trinajstić information content (AvgIpc) is 2.89. The van der Waals surface area contributed by atoms with E-state index in [1.807, 2.05) is 20.8 Å². The number of rotatable bonds is 4. The van der Waals surface area contributed by atoms with Gasteiger partial charge in [0.15, 0.2) is 9.84 Å². The number of anilines is 1. The molecule has 1 aromatic carbocycles. The van der Waals surface area contributed by atoms with Crippen molar-refractivity contribution in [2.75, 3.05) is 5.32 Å². The molecule has 0 fully saturated rings. The molecule has 1 heterocycles. The van der Waals surface area contributed by atoms with E-state index in [1.165, 1.54) is 26.0 Å². The van der Waals surface area contributed by atoms with Crippen LogP contribution >= 0.6 is 0 Å². The minimum Gasteiger partial charge on any atom is -0.310 e. The highest BCUT2D eigenvalue weighted by molar-refractivity contribution is 7.93. The summed E-state index contributed by atoms with van der Waals surface area (Å²) in [5.74, 6) is -0.133. The van der Waals surface area contributed by atoms with E-state index in [4.69, 9.17) is 0 Å². The Kier molecular flexibility index (Phi) is 4.83. The lowest BCUT2D eigenvalue weighted by molar-refractivity contribution is -0.117. The molecule has 0 atom stereocenters. The zero-order valence-corrected chi connectivity index (χ0v) is 16.3. The number of carbonyl (C=O) groups is 1. The molecule has 7 heteroatoms. The maximum atomic E-state index is 12.9. The molecule has 0 spiro atoms. The van der Waals surface area contributed by atoms with Crippen LogP contribution in [0.3, 0.4) is 0 Å². The third kappa shape index (κ3) is 3.61. The van der Waals surface area contributed by atoms with E-state index in [9.17, 15) is 13.2 Å². The third-order valence-electron chi connectivity index (χ3n) is 4.16. The molecule has 0 aliphatic heterocycles. The molecule has 0 aliphatic rings. The van der Waals surface area contributed by atoms with Crippen LogP contribution in [0, 0.1) is 0 Å². The van der Waals surface area contributed by atoms with Crippen molar-refractivity contribution in [2.24, 2.45) is 7.05 Å². The standard InChI is InChI=1S/C18H25N3O3S/c1-17(2,3)14-12-15(21(6)20-14)19-16(22)18(4,5)25(23,24)13-10-8-7-9-11-13/h7-12H,1-6H3,(H,19,22). The average molecular weight is 363 g/mol. The van der Waals surface area contributed by atoms with E-state index in [2.05, 4.69) is 10.4 Å². The van der Waals surface area contributed by atoms with Crippen LogP contribution in [0.4, 0.5) is 5.82 Å². The highest BCUT2D eigenvalue weighted by Gasteiger charge is 2.43. The number of carbonyl (C=O) groups excluding carboxylic acids is 1. The lowest BCUT2D eigenvalue weighted by atomic mass is 9.92. The van der Waals surface area contributed by atoms with E-state index in [-0.39, 0.29) is 10.3 Å². The molecule has 0 aliphatic carbocycles. The van der Waals surface area contributed by atoms with Crippen LogP contribution in [0.15, 0.2) is 41.3 Å². The first kappa shape index (κ1) is 19.2. The summed E-state index contributed by atoms with van der Waals surface area (Å²) in [4.78, 5) is 12.9. The van der Waals surface area contributed by atoms with Crippen LogP contribution in [0.1, 0.15) is 40.3 Å². The molecule has 1 N–H and O–H groups in total. The van der Waals surface area contributed by atoms with E-state index in [1.54, 1.807) is 36.0 Å². The van der Waals surface area contributed by atoms with Gasteiger partial charge in [0.2, 0.25) is 5.91 Å². The molecular formula is C18H25N3O3S. The summed E-state index contributed by atoms with van der Waals surface area (Å²) in [6.45, 7) is 8.87. The normalized spacial score (nSPS) is 12.9. The first-order valence-electron chi connectivity index (χ1n) is 8.03. The Bertz CT molecular complexity index is 876. The maximum Gasteiger partial charge on any atom is 0.246 e. The van der Waals surface area contributed by atoms with E-state index in [0.717, 1.165) is 5.69 Å². The fourth-order valence-electron chi connectivity index (χ4n) is 2.23. The minimum absolute atomic E-state index is 0.121. The van der Waals surface area contributed by atoms with Gasteiger partial charge in [-0.15, -0.1) is 0 Å². The molecule has 0 saturated heterocycles. The summed E-state index contributed by atoms with van der Waals surface area (Å²) < 4.78 is 25.6. The first-order valence-corrected chi connectivity index (χ1v) is 9.51. The van der Waals surface area contributed by atoms with Crippen molar-refractivity contribution in [3.05, 3.63) is 42.1 Å². The number of nitrogens with one attached hydrogen (secondary N) is 1. The first-order chi connectivity index (χ1) is 11.4. The SMILES string of the molecule is Cn1nc(C(C)(C)C)cc1NC(=O)C(C)(C)S(=O)(=O)c1ccccc1. The summed E-state index contributed by atoms with van der Waals surface area (Å²) in [6, 6.07) is 9.76. The van der Waals surface area contributed by atoms with Crippen LogP contribution in [0.2, 0.25) is 0 Å². The molecule has 25 heavy (non-hydrogen) atoms. The number of hydrogen-bond acceptors (Lipinski definition) is 4. The van der Waals surface area contributed by atoms with E-state index in [0.29, 0.717) is 5.82 Å². The van der Waals surface area contributed by atoms with Crippen molar-refractivity contribution in [2.45, 2.75) is 49.7 Å². The smallest absolute Gasteiger partial charge is 0.246 e. The molecule has 1 amide bonds. The van der Waals surface area contributed by atoms with Gasteiger partial charge >= 0.3 is 0 Å². The number of sulfone groups is 1. The van der Waals surface area contributed by atoms with Crippen LogP contribution in [0.25, 0.3) is 0 Å². The Morgan fingerprint density at radius 1 is 1.08 bits per heavy atom. The number of amides is 1. The summed E-state index contributed by atoms with van der Waals surface area (Å²) in [6.07, 6.45) is 0. The zero-order chi connectivity index (χ0) is 19.0. The molecule has 0 bridgehead atoms. The predicted octanol–water partition coefficient (Wildman–Crippen LogP) is 2.91. The Morgan fingerprint density at radius 2 is 1.64 bits per heavy atom. The number of aromatic nitrogens is 2. The van der Waals surface area contributed by atoms with Gasteiger partial charge in [0.1, 0.15) is 10.6 Å². The van der Waals surface area contributed by atoms with E-state index < -0.39 is 20.5 Å². The lowest BCUT2D eigenvalue weighted by Crippen LogP contribution is -2.44. The molecule has 0 radical (unpaired) electrons. The second kappa shape index (κ2) is 6.29. The zero-order valence-electron chi connectivity index (χ0n) is 15.5. The Labute approximate surface area is 149 Å². The molecule has 2 aromatic rings. The second-order valence-corrected chi connectivity index (χ2v) is 10.1. The van der Waals surface area contributed by atoms with E-state index >= 15 is 0 Å². The van der Waals surface area contributed by atoms with Crippen LogP contribution in [-0.4, -0.2) is 28.9 Å². The highest BCUT2D eigenvalue weighted by atomic mass is 32.2. The van der Waals surface area contributed by atoms with Gasteiger partial charge < -0.3 is 5.32 Å². The minimum atomic E-state index is -3.83. The molecule has 0 saturated carbocycles. The Balaban J connectivity index is 2.33.